The zero-order valence-corrected chi connectivity index (χ0v) is 49.3. The van der Waals surface area contributed by atoms with Crippen LogP contribution in [0.4, 0.5) is 0 Å². The van der Waals surface area contributed by atoms with Gasteiger partial charge in [0.15, 0.2) is 6.10 Å². The number of aliphatic carboxylic acids is 1. The van der Waals surface area contributed by atoms with Crippen LogP contribution in [0.15, 0.2) is 146 Å². The molecule has 0 fully saturated rings. The van der Waals surface area contributed by atoms with E-state index in [9.17, 15) is 19.5 Å². The van der Waals surface area contributed by atoms with Gasteiger partial charge in [-0.2, -0.15) is 0 Å². The van der Waals surface area contributed by atoms with E-state index < -0.39 is 24.3 Å². The van der Waals surface area contributed by atoms with Gasteiger partial charge in [0.25, 0.3) is 6.29 Å². The van der Waals surface area contributed by atoms with Crippen LogP contribution in [0.3, 0.4) is 0 Å². The maximum Gasteiger partial charge on any atom is 0.361 e. The predicted molar refractivity (Wildman–Crippen MR) is 327 cm³/mol. The molecule has 9 heteroatoms. The number of hydrogen-bond donors (Lipinski definition) is 1. The lowest BCUT2D eigenvalue weighted by Gasteiger charge is -2.25. The van der Waals surface area contributed by atoms with Gasteiger partial charge in [0.2, 0.25) is 0 Å². The van der Waals surface area contributed by atoms with Crippen LogP contribution in [-0.4, -0.2) is 87.4 Å². The van der Waals surface area contributed by atoms with Gasteiger partial charge in [-0.1, -0.05) is 224 Å². The standard InChI is InChI=1S/C68H109NO8/c1-6-8-10-12-14-16-18-20-21-22-23-24-25-26-27-28-29-30-31-32-33-34-35-36-37-38-39-40-41-42-43-44-45-47-49-51-53-55-57-59-66(71)77-64(63-76-68(67(72)73)74-61-60-69(3,4)5)62-75-65(70)58-56-54-52-50-48-46-19-17-15-13-11-9-7-2/h8-11,14-17,20-21,23-24,26-27,29-30,32-33,35-36,38-39,46,48,64,68H,6-7,12-13,18-19,22,25,28,31,34,37,40-45,47,49-63H2,1-5H3/p+1/b10-8-,11-9-,16-14-,17-15-,21-20-,24-23-,27-26-,30-29-,33-32-,36-35-,39-38-,48-46-. The van der Waals surface area contributed by atoms with Crippen LogP contribution in [0, 0.1) is 0 Å². The van der Waals surface area contributed by atoms with E-state index in [-0.39, 0.29) is 38.6 Å². The largest absolute Gasteiger partial charge is 0.477 e. The van der Waals surface area contributed by atoms with E-state index in [0.29, 0.717) is 23.9 Å². The molecule has 2 unspecified atom stereocenters. The summed E-state index contributed by atoms with van der Waals surface area (Å²) in [6, 6.07) is 0. The minimum Gasteiger partial charge on any atom is -0.477 e. The van der Waals surface area contributed by atoms with Gasteiger partial charge in [-0.15, -0.1) is 0 Å². The molecule has 0 bridgehead atoms. The van der Waals surface area contributed by atoms with Crippen LogP contribution in [0.25, 0.3) is 0 Å². The van der Waals surface area contributed by atoms with E-state index in [1.165, 1.54) is 44.9 Å². The molecule has 9 nitrogen and oxygen atoms in total. The summed E-state index contributed by atoms with van der Waals surface area (Å²) in [6.45, 7) is 4.58. The van der Waals surface area contributed by atoms with Gasteiger partial charge in [-0.3, -0.25) is 9.59 Å². The Morgan fingerprint density at radius 3 is 1.05 bits per heavy atom. The molecular weight excluding hydrogens is 959 g/mol. The molecule has 0 saturated carbocycles. The number of hydrogen-bond acceptors (Lipinski definition) is 7. The van der Waals surface area contributed by atoms with E-state index >= 15 is 0 Å². The number of rotatable bonds is 53. The number of carbonyl (C=O) groups is 3. The molecule has 434 valence electrons. The number of nitrogens with zero attached hydrogens (tertiary/aromatic N) is 1. The first-order valence-electron chi connectivity index (χ1n) is 30.0. The Balaban J connectivity index is 4.15. The van der Waals surface area contributed by atoms with Crippen LogP contribution < -0.4 is 0 Å². The van der Waals surface area contributed by atoms with Crippen molar-refractivity contribution in [2.75, 3.05) is 47.5 Å². The average Bonchev–Trinajstić information content (AvgIpc) is 3.40. The van der Waals surface area contributed by atoms with Crippen LogP contribution in [0.1, 0.15) is 206 Å². The van der Waals surface area contributed by atoms with E-state index in [0.717, 1.165) is 122 Å². The topological polar surface area (TPSA) is 108 Å². The minimum atomic E-state index is -1.53. The number of carboxylic acid groups (broad SMARTS) is 1. The summed E-state index contributed by atoms with van der Waals surface area (Å²) in [4.78, 5) is 37.3. The maximum atomic E-state index is 12.9. The number of carboxylic acids is 1. The van der Waals surface area contributed by atoms with Gasteiger partial charge in [0.05, 0.1) is 34.4 Å². The van der Waals surface area contributed by atoms with Crippen molar-refractivity contribution in [2.45, 2.75) is 219 Å². The molecule has 0 aromatic carbocycles. The Hall–Kier alpha value is -4.83. The van der Waals surface area contributed by atoms with Crippen molar-refractivity contribution in [1.82, 2.24) is 0 Å². The second-order valence-corrected chi connectivity index (χ2v) is 20.5. The van der Waals surface area contributed by atoms with Gasteiger partial charge in [-0.25, -0.2) is 4.79 Å². The first-order chi connectivity index (χ1) is 37.6. The smallest absolute Gasteiger partial charge is 0.361 e. The van der Waals surface area contributed by atoms with Crippen LogP contribution >= 0.6 is 0 Å². The van der Waals surface area contributed by atoms with Gasteiger partial charge >= 0.3 is 17.9 Å². The fourth-order valence-corrected chi connectivity index (χ4v) is 7.55. The predicted octanol–water partition coefficient (Wildman–Crippen LogP) is 18.0. The SMILES string of the molecule is CC/C=C\C/C=C\C/C=C\C/C=C\C/C=C\C/C=C\C/C=C\C/C=C\C/C=C\CCCCCCCCCCCCCC(=O)OC(COC(=O)CCCCC/C=C\C/C=C\C/C=C\CC)COC(OCC[N+](C)(C)C)C(=O)O. The number of ether oxygens (including phenoxy) is 4. The molecule has 0 aliphatic carbocycles. The van der Waals surface area contributed by atoms with Crippen molar-refractivity contribution in [1.29, 1.82) is 0 Å². The fraction of sp³-hybridized carbons (Fsp3) is 0.603. The number of allylic oxidation sites excluding steroid dienone is 24. The van der Waals surface area contributed by atoms with Crippen molar-refractivity contribution >= 4 is 17.9 Å². The third-order valence-electron chi connectivity index (χ3n) is 12.1. The molecule has 2 atom stereocenters. The molecule has 0 aliphatic rings. The van der Waals surface area contributed by atoms with Gasteiger partial charge in [0, 0.05) is 12.8 Å². The van der Waals surface area contributed by atoms with Crippen molar-refractivity contribution in [3.63, 3.8) is 0 Å². The maximum absolute atomic E-state index is 12.9. The highest BCUT2D eigenvalue weighted by atomic mass is 16.7. The molecule has 0 rings (SSSR count). The van der Waals surface area contributed by atoms with E-state index in [1.54, 1.807) is 0 Å². The highest BCUT2D eigenvalue weighted by Gasteiger charge is 2.25. The number of likely N-dealkylation sites (N-methyl/N-ethyl adjacent to an activating group) is 1. The minimum absolute atomic E-state index is 0.175. The van der Waals surface area contributed by atoms with Crippen molar-refractivity contribution < 1.29 is 42.9 Å². The summed E-state index contributed by atoms with van der Waals surface area (Å²) in [6.07, 6.45) is 80.9. The van der Waals surface area contributed by atoms with Gasteiger partial charge in [-0.05, 0) is 116 Å². The Morgan fingerprint density at radius 1 is 0.390 bits per heavy atom. The summed E-state index contributed by atoms with van der Waals surface area (Å²) in [5.74, 6) is -2.07. The molecule has 0 spiro atoms. The Morgan fingerprint density at radius 2 is 0.701 bits per heavy atom. The lowest BCUT2D eigenvalue weighted by atomic mass is 10.0. The molecule has 0 aliphatic heterocycles. The lowest BCUT2D eigenvalue weighted by molar-refractivity contribution is -0.870. The van der Waals surface area contributed by atoms with Crippen LogP contribution in [0.5, 0.6) is 0 Å². The summed E-state index contributed by atoms with van der Waals surface area (Å²) < 4.78 is 22.8. The highest BCUT2D eigenvalue weighted by molar-refractivity contribution is 5.71. The average molecular weight is 1070 g/mol. The van der Waals surface area contributed by atoms with Gasteiger partial charge < -0.3 is 28.5 Å². The molecular formula is C68H110NO8+. The third kappa shape index (κ3) is 58.7. The van der Waals surface area contributed by atoms with Crippen molar-refractivity contribution in [2.24, 2.45) is 0 Å². The monoisotopic (exact) mass is 1070 g/mol. The molecule has 0 radical (unpaired) electrons. The number of unbranched alkanes of at least 4 members (excludes halogenated alkanes) is 14. The molecule has 0 saturated heterocycles. The second kappa shape index (κ2) is 57.3. The molecule has 77 heavy (non-hydrogen) atoms. The third-order valence-corrected chi connectivity index (χ3v) is 12.1. The Labute approximate surface area is 471 Å². The Bertz CT molecular complexity index is 1770. The molecule has 0 aromatic heterocycles. The van der Waals surface area contributed by atoms with E-state index in [2.05, 4.69) is 160 Å². The fourth-order valence-electron chi connectivity index (χ4n) is 7.55. The number of quaternary nitrogens is 1. The normalized spacial score (nSPS) is 13.8. The zero-order valence-electron chi connectivity index (χ0n) is 49.3. The van der Waals surface area contributed by atoms with E-state index in [4.69, 9.17) is 18.9 Å². The summed E-state index contributed by atoms with van der Waals surface area (Å²) in [5.41, 5.74) is 0. The number of esters is 2. The number of carbonyl (C=O) groups excluding carboxylic acids is 2. The zero-order chi connectivity index (χ0) is 56.2. The van der Waals surface area contributed by atoms with Crippen molar-refractivity contribution in [3.8, 4) is 0 Å². The Kier molecular flexibility index (Phi) is 53.8. The first kappa shape index (κ1) is 72.2. The molecule has 0 heterocycles. The van der Waals surface area contributed by atoms with E-state index in [1.807, 2.05) is 21.1 Å². The van der Waals surface area contributed by atoms with Crippen LogP contribution in [0.2, 0.25) is 0 Å². The molecule has 0 amide bonds. The summed E-state index contributed by atoms with van der Waals surface area (Å²) in [7, 11) is 5.94. The van der Waals surface area contributed by atoms with Gasteiger partial charge in [0.1, 0.15) is 13.2 Å². The molecule has 0 aromatic rings. The van der Waals surface area contributed by atoms with Crippen molar-refractivity contribution in [3.05, 3.63) is 146 Å². The van der Waals surface area contributed by atoms with Crippen LogP contribution in [-0.2, 0) is 33.3 Å². The second-order valence-electron chi connectivity index (χ2n) is 20.5. The highest BCUT2D eigenvalue weighted by Crippen LogP contribution is 2.14. The quantitative estimate of drug-likeness (QED) is 0.0211. The summed E-state index contributed by atoms with van der Waals surface area (Å²) in [5, 5.41) is 9.69. The molecule has 1 N–H and O–H groups in total. The first-order valence-corrected chi connectivity index (χ1v) is 30.0. The summed E-state index contributed by atoms with van der Waals surface area (Å²) >= 11 is 0. The lowest BCUT2D eigenvalue weighted by Crippen LogP contribution is -2.40.